The molecule has 190 valence electrons. The van der Waals surface area contributed by atoms with Crippen molar-refractivity contribution in [2.45, 2.75) is 6.04 Å². The number of hydrogen-bond donors (Lipinski definition) is 3. The van der Waals surface area contributed by atoms with Crippen LogP contribution in [-0.4, -0.2) is 47.3 Å². The molecule has 5 N–H and O–H groups in total. The highest BCUT2D eigenvalue weighted by molar-refractivity contribution is 7.09. The van der Waals surface area contributed by atoms with Crippen LogP contribution < -0.4 is 21.7 Å². The highest BCUT2D eigenvalue weighted by Gasteiger charge is 2.36. The number of methoxy groups -OCH3 is 1. The lowest BCUT2D eigenvalue weighted by Gasteiger charge is -2.31. The number of carbonyl (C=O) groups excluding carboxylic acids is 3. The molecular formula is C25H23FN6O4S. The molecule has 1 atom stereocenters. The standard InChI is InChI=1S/C25H23FN6O4S/c1-36-12-11-30-24(34)21(15-4-9-18-14(13-15)3-2-10-29-18)32(17-7-5-16(26)6-8-17)25(35)22-19(27)20(23(28)33)31-37-22/h2-10,13,21H,11-12,27H2,1H3,(H2,28,33)(H,30,34)/t21-/m0/s1. The molecule has 0 aliphatic rings. The summed E-state index contributed by atoms with van der Waals surface area (Å²) in [7, 11) is 1.50. The molecular weight excluding hydrogens is 499 g/mol. The highest BCUT2D eigenvalue weighted by atomic mass is 32.1. The Morgan fingerprint density at radius 1 is 1.16 bits per heavy atom. The molecule has 0 radical (unpaired) electrons. The van der Waals surface area contributed by atoms with Gasteiger partial charge in [0.15, 0.2) is 5.69 Å². The van der Waals surface area contributed by atoms with E-state index < -0.39 is 29.6 Å². The van der Waals surface area contributed by atoms with Gasteiger partial charge in [-0.1, -0.05) is 12.1 Å². The predicted molar refractivity (Wildman–Crippen MR) is 138 cm³/mol. The number of nitrogens with one attached hydrogen (secondary N) is 1. The van der Waals surface area contributed by atoms with Crippen LogP contribution in [0, 0.1) is 5.82 Å². The number of aromatic nitrogens is 2. The lowest BCUT2D eigenvalue weighted by Crippen LogP contribution is -2.44. The predicted octanol–water partition coefficient (Wildman–Crippen LogP) is 2.66. The molecule has 0 fully saturated rings. The van der Waals surface area contributed by atoms with E-state index in [2.05, 4.69) is 14.7 Å². The van der Waals surface area contributed by atoms with Gasteiger partial charge in [0, 0.05) is 30.9 Å². The fourth-order valence-electron chi connectivity index (χ4n) is 3.78. The quantitative estimate of drug-likeness (QED) is 0.286. The van der Waals surface area contributed by atoms with Crippen LogP contribution in [0.5, 0.6) is 0 Å². The lowest BCUT2D eigenvalue weighted by molar-refractivity contribution is -0.122. The topological polar surface area (TPSA) is 154 Å². The summed E-state index contributed by atoms with van der Waals surface area (Å²) >= 11 is 0.684. The van der Waals surface area contributed by atoms with E-state index in [4.69, 9.17) is 16.2 Å². The van der Waals surface area contributed by atoms with Gasteiger partial charge in [0.1, 0.15) is 16.7 Å². The maximum absolute atomic E-state index is 14.0. The Hall–Kier alpha value is -4.42. The van der Waals surface area contributed by atoms with Crippen molar-refractivity contribution >= 4 is 51.5 Å². The Balaban J connectivity index is 1.89. The van der Waals surface area contributed by atoms with Crippen LogP contribution in [0.25, 0.3) is 10.9 Å². The monoisotopic (exact) mass is 522 g/mol. The summed E-state index contributed by atoms with van der Waals surface area (Å²) in [5.74, 6) is -2.65. The second-order valence-electron chi connectivity index (χ2n) is 7.93. The molecule has 0 bridgehead atoms. The summed E-state index contributed by atoms with van der Waals surface area (Å²) in [6, 6.07) is 12.6. The third-order valence-corrected chi connectivity index (χ3v) is 6.38. The lowest BCUT2D eigenvalue weighted by atomic mass is 10.00. The molecule has 3 amide bonds. The Morgan fingerprint density at radius 2 is 1.92 bits per heavy atom. The Labute approximate surface area is 215 Å². The Kier molecular flexibility index (Phi) is 7.70. The maximum Gasteiger partial charge on any atom is 0.273 e. The molecule has 0 aliphatic carbocycles. The normalized spacial score (nSPS) is 11.7. The number of nitrogen functional groups attached to an aromatic ring is 1. The zero-order valence-electron chi connectivity index (χ0n) is 19.7. The minimum absolute atomic E-state index is 0.0877. The molecule has 4 rings (SSSR count). The van der Waals surface area contributed by atoms with Crippen molar-refractivity contribution in [2.75, 3.05) is 30.9 Å². The molecule has 0 saturated heterocycles. The van der Waals surface area contributed by atoms with Gasteiger partial charge in [0.2, 0.25) is 5.91 Å². The van der Waals surface area contributed by atoms with Gasteiger partial charge in [-0.25, -0.2) is 4.39 Å². The van der Waals surface area contributed by atoms with E-state index in [1.54, 1.807) is 30.5 Å². The van der Waals surface area contributed by atoms with E-state index in [1.165, 1.54) is 36.3 Å². The molecule has 4 aromatic rings. The number of ether oxygens (including phenoxy) is 1. The molecule has 2 aromatic heterocycles. The van der Waals surface area contributed by atoms with Crippen LogP contribution in [0.1, 0.15) is 31.8 Å². The number of fused-ring (bicyclic) bond motifs is 1. The van der Waals surface area contributed by atoms with Crippen LogP contribution in [0.4, 0.5) is 15.8 Å². The molecule has 0 unspecified atom stereocenters. The third-order valence-electron chi connectivity index (χ3n) is 5.53. The maximum atomic E-state index is 14.0. The van der Waals surface area contributed by atoms with Gasteiger partial charge in [0.25, 0.3) is 11.8 Å². The average molecular weight is 523 g/mol. The molecule has 0 saturated carbocycles. The van der Waals surface area contributed by atoms with Crippen molar-refractivity contribution in [2.24, 2.45) is 5.73 Å². The number of rotatable bonds is 9. The van der Waals surface area contributed by atoms with Crippen LogP contribution >= 0.6 is 11.5 Å². The first kappa shape index (κ1) is 25.7. The van der Waals surface area contributed by atoms with E-state index >= 15 is 0 Å². The second-order valence-corrected chi connectivity index (χ2v) is 8.71. The fourth-order valence-corrected chi connectivity index (χ4v) is 4.52. The first-order valence-electron chi connectivity index (χ1n) is 11.1. The third kappa shape index (κ3) is 5.39. The van der Waals surface area contributed by atoms with Gasteiger partial charge >= 0.3 is 0 Å². The molecule has 0 aliphatic heterocycles. The average Bonchev–Trinajstić information content (AvgIpc) is 3.29. The van der Waals surface area contributed by atoms with Crippen LogP contribution in [0.15, 0.2) is 60.8 Å². The van der Waals surface area contributed by atoms with Crippen molar-refractivity contribution < 1.29 is 23.5 Å². The van der Waals surface area contributed by atoms with E-state index in [0.29, 0.717) is 22.6 Å². The van der Waals surface area contributed by atoms with Crippen LogP contribution in [0.3, 0.4) is 0 Å². The zero-order chi connectivity index (χ0) is 26.5. The number of primary amides is 1. The summed E-state index contributed by atoms with van der Waals surface area (Å²) < 4.78 is 22.8. The van der Waals surface area contributed by atoms with Gasteiger partial charge in [-0.05, 0) is 59.6 Å². The first-order valence-corrected chi connectivity index (χ1v) is 11.8. The summed E-state index contributed by atoms with van der Waals surface area (Å²) in [6.45, 7) is 0.426. The second kappa shape index (κ2) is 11.1. The van der Waals surface area contributed by atoms with Crippen LogP contribution in [-0.2, 0) is 9.53 Å². The molecule has 10 nitrogen and oxygen atoms in total. The molecule has 2 aromatic carbocycles. The smallest absolute Gasteiger partial charge is 0.273 e. The summed E-state index contributed by atoms with van der Waals surface area (Å²) in [4.78, 5) is 44.7. The number of halogens is 1. The number of hydrogen-bond acceptors (Lipinski definition) is 8. The minimum Gasteiger partial charge on any atom is -0.395 e. The largest absolute Gasteiger partial charge is 0.395 e. The summed E-state index contributed by atoms with van der Waals surface area (Å²) in [5.41, 5.74) is 12.3. The van der Waals surface area contributed by atoms with Gasteiger partial charge in [0.05, 0.1) is 17.8 Å². The molecule has 2 heterocycles. The number of carbonyl (C=O) groups is 3. The molecule has 0 spiro atoms. The number of nitrogens with zero attached hydrogens (tertiary/aromatic N) is 3. The fraction of sp³-hybridized carbons (Fsp3) is 0.160. The Bertz CT molecular complexity index is 1460. The van der Waals surface area contributed by atoms with Gasteiger partial charge < -0.3 is 21.5 Å². The van der Waals surface area contributed by atoms with Gasteiger partial charge in [-0.15, -0.1) is 0 Å². The summed E-state index contributed by atoms with van der Waals surface area (Å²) in [5, 5.41) is 3.52. The number of anilines is 2. The van der Waals surface area contributed by atoms with Gasteiger partial charge in [-0.2, -0.15) is 4.37 Å². The van der Waals surface area contributed by atoms with E-state index in [-0.39, 0.29) is 35.1 Å². The highest BCUT2D eigenvalue weighted by Crippen LogP contribution is 2.34. The number of amides is 3. The Morgan fingerprint density at radius 3 is 2.59 bits per heavy atom. The minimum atomic E-state index is -1.21. The van der Waals surface area contributed by atoms with Crippen molar-refractivity contribution in [3.8, 4) is 0 Å². The van der Waals surface area contributed by atoms with Crippen molar-refractivity contribution in [3.63, 3.8) is 0 Å². The van der Waals surface area contributed by atoms with Crippen molar-refractivity contribution in [1.29, 1.82) is 0 Å². The van der Waals surface area contributed by atoms with E-state index in [0.717, 1.165) is 5.39 Å². The van der Waals surface area contributed by atoms with Crippen molar-refractivity contribution in [1.82, 2.24) is 14.7 Å². The van der Waals surface area contributed by atoms with Gasteiger partial charge in [-0.3, -0.25) is 24.3 Å². The summed E-state index contributed by atoms with van der Waals surface area (Å²) in [6.07, 6.45) is 1.65. The van der Waals surface area contributed by atoms with Crippen LogP contribution in [0.2, 0.25) is 0 Å². The SMILES string of the molecule is COCCNC(=O)[C@H](c1ccc2ncccc2c1)N(C(=O)c1snc(C(N)=O)c1N)c1ccc(F)cc1. The molecule has 37 heavy (non-hydrogen) atoms. The number of benzene rings is 2. The molecule has 12 heteroatoms. The zero-order valence-corrected chi connectivity index (χ0v) is 20.5. The number of nitrogens with two attached hydrogens (primary N) is 2. The van der Waals surface area contributed by atoms with Crippen molar-refractivity contribution in [3.05, 3.63) is 82.7 Å². The van der Waals surface area contributed by atoms with E-state index in [9.17, 15) is 18.8 Å². The van der Waals surface area contributed by atoms with E-state index in [1.807, 2.05) is 6.07 Å². The first-order chi connectivity index (χ1) is 17.8. The number of pyridine rings is 1.